The lowest BCUT2D eigenvalue weighted by Crippen LogP contribution is -2.34. The van der Waals surface area contributed by atoms with Crippen LogP contribution in [0.5, 0.6) is 0 Å². The summed E-state index contributed by atoms with van der Waals surface area (Å²) in [6.45, 7) is 10.8. The maximum atomic E-state index is 11.1. The fourth-order valence-corrected chi connectivity index (χ4v) is 0.730. The van der Waals surface area contributed by atoms with Gasteiger partial charge in [-0.3, -0.25) is 4.84 Å². The normalized spacial score (nSPS) is 13.1. The molecule has 14 heavy (non-hydrogen) atoms. The second-order valence-electron chi connectivity index (χ2n) is 4.06. The Balaban J connectivity index is 3.69. The van der Waals surface area contributed by atoms with E-state index in [4.69, 9.17) is 9.57 Å². The summed E-state index contributed by atoms with van der Waals surface area (Å²) in [4.78, 5) is 16.1. The van der Waals surface area contributed by atoms with Crippen LogP contribution in [0, 0.1) is 0 Å². The van der Waals surface area contributed by atoms with Crippen LogP contribution in [0.1, 0.15) is 34.1 Å². The van der Waals surface area contributed by atoms with Gasteiger partial charge in [-0.1, -0.05) is 6.08 Å². The summed E-state index contributed by atoms with van der Waals surface area (Å²) in [5, 5.41) is 0. The molecule has 1 atom stereocenters. The molecule has 0 aromatic heterocycles. The average molecular weight is 201 g/mol. The Bertz CT molecular complexity index is 196. The summed E-state index contributed by atoms with van der Waals surface area (Å²) in [5.74, 6) is 0. The molecule has 0 spiro atoms. The molecule has 0 aliphatic carbocycles. The summed E-state index contributed by atoms with van der Waals surface area (Å²) in [6, 6.07) is 0. The number of carbonyl (C=O) groups excluding carboxylic acids is 1. The molecule has 0 aliphatic rings. The molecular formula is C10H19NO3. The van der Waals surface area contributed by atoms with Crippen LogP contribution >= 0.6 is 0 Å². The Kier molecular flexibility index (Phi) is 5.23. The lowest BCUT2D eigenvalue weighted by molar-refractivity contribution is -0.0349. The van der Waals surface area contributed by atoms with Crippen molar-refractivity contribution in [2.45, 2.75) is 45.8 Å². The highest BCUT2D eigenvalue weighted by Crippen LogP contribution is 2.06. The first-order valence-corrected chi connectivity index (χ1v) is 4.60. The second-order valence-corrected chi connectivity index (χ2v) is 4.06. The van der Waals surface area contributed by atoms with Gasteiger partial charge in [0.2, 0.25) is 0 Å². The predicted molar refractivity (Wildman–Crippen MR) is 54.7 cm³/mol. The maximum absolute atomic E-state index is 11.1. The number of nitrogens with one attached hydrogen (secondary N) is 1. The Hall–Kier alpha value is -1.03. The second kappa shape index (κ2) is 5.65. The van der Waals surface area contributed by atoms with Gasteiger partial charge in [-0.2, -0.15) is 5.48 Å². The van der Waals surface area contributed by atoms with Gasteiger partial charge in [-0.15, -0.1) is 6.58 Å². The van der Waals surface area contributed by atoms with E-state index in [9.17, 15) is 4.79 Å². The van der Waals surface area contributed by atoms with Crippen molar-refractivity contribution in [1.82, 2.24) is 5.48 Å². The highest BCUT2D eigenvalue weighted by molar-refractivity contribution is 5.66. The molecule has 0 aromatic rings. The van der Waals surface area contributed by atoms with Gasteiger partial charge in [0.1, 0.15) is 5.60 Å². The quantitative estimate of drug-likeness (QED) is 0.561. The summed E-state index contributed by atoms with van der Waals surface area (Å²) in [7, 11) is 0. The van der Waals surface area contributed by atoms with Gasteiger partial charge in [-0.25, -0.2) is 4.79 Å². The van der Waals surface area contributed by atoms with Crippen molar-refractivity contribution in [3.05, 3.63) is 12.7 Å². The Morgan fingerprint density at radius 3 is 2.57 bits per heavy atom. The Morgan fingerprint density at radius 1 is 1.57 bits per heavy atom. The average Bonchev–Trinajstić information content (AvgIpc) is 1.98. The van der Waals surface area contributed by atoms with E-state index in [1.807, 2.05) is 6.92 Å². The van der Waals surface area contributed by atoms with Crippen molar-refractivity contribution in [3.8, 4) is 0 Å². The fourth-order valence-electron chi connectivity index (χ4n) is 0.730. The smallest absolute Gasteiger partial charge is 0.431 e. The van der Waals surface area contributed by atoms with E-state index in [2.05, 4.69) is 12.1 Å². The third-order valence-electron chi connectivity index (χ3n) is 1.24. The topological polar surface area (TPSA) is 47.6 Å². The third-order valence-corrected chi connectivity index (χ3v) is 1.24. The molecule has 0 aliphatic heterocycles. The van der Waals surface area contributed by atoms with Gasteiger partial charge < -0.3 is 4.74 Å². The fraction of sp³-hybridized carbons (Fsp3) is 0.700. The van der Waals surface area contributed by atoms with E-state index < -0.39 is 11.7 Å². The molecule has 0 radical (unpaired) electrons. The molecule has 1 N–H and O–H groups in total. The molecule has 1 unspecified atom stereocenters. The monoisotopic (exact) mass is 201 g/mol. The molecule has 4 nitrogen and oxygen atoms in total. The number of hydroxylamine groups is 1. The summed E-state index contributed by atoms with van der Waals surface area (Å²) in [6.07, 6.45) is 1.73. The lowest BCUT2D eigenvalue weighted by Gasteiger charge is -2.20. The van der Waals surface area contributed by atoms with Crippen LogP contribution < -0.4 is 5.48 Å². The van der Waals surface area contributed by atoms with Crippen molar-refractivity contribution >= 4 is 6.09 Å². The largest absolute Gasteiger partial charge is 0.442 e. The van der Waals surface area contributed by atoms with Crippen molar-refractivity contribution in [2.24, 2.45) is 0 Å². The van der Waals surface area contributed by atoms with Gasteiger partial charge in [0.05, 0.1) is 6.10 Å². The number of hydrogen-bond donors (Lipinski definition) is 1. The summed E-state index contributed by atoms with van der Waals surface area (Å²) < 4.78 is 4.97. The van der Waals surface area contributed by atoms with Gasteiger partial charge in [0, 0.05) is 0 Å². The molecule has 0 aromatic carbocycles. The van der Waals surface area contributed by atoms with Crippen LogP contribution in [-0.2, 0) is 9.57 Å². The summed E-state index contributed by atoms with van der Waals surface area (Å²) in [5.41, 5.74) is 1.71. The van der Waals surface area contributed by atoms with Crippen LogP contribution in [0.3, 0.4) is 0 Å². The van der Waals surface area contributed by atoms with Crippen molar-refractivity contribution in [2.75, 3.05) is 0 Å². The van der Waals surface area contributed by atoms with Crippen molar-refractivity contribution < 1.29 is 14.4 Å². The third kappa shape index (κ3) is 7.61. The maximum Gasteiger partial charge on any atom is 0.431 e. The van der Waals surface area contributed by atoms with E-state index >= 15 is 0 Å². The highest BCUT2D eigenvalue weighted by atomic mass is 16.7. The van der Waals surface area contributed by atoms with E-state index in [0.717, 1.165) is 0 Å². The summed E-state index contributed by atoms with van der Waals surface area (Å²) >= 11 is 0. The molecule has 0 heterocycles. The number of rotatable bonds is 4. The first kappa shape index (κ1) is 13.0. The van der Waals surface area contributed by atoms with Crippen LogP contribution in [-0.4, -0.2) is 17.8 Å². The molecule has 1 amide bonds. The molecule has 82 valence electrons. The minimum atomic E-state index is -0.576. The first-order valence-electron chi connectivity index (χ1n) is 4.60. The van der Waals surface area contributed by atoms with Crippen LogP contribution in [0.4, 0.5) is 4.79 Å². The lowest BCUT2D eigenvalue weighted by atomic mass is 10.2. The van der Waals surface area contributed by atoms with Gasteiger partial charge in [0.25, 0.3) is 0 Å². The highest BCUT2D eigenvalue weighted by Gasteiger charge is 2.16. The zero-order chi connectivity index (χ0) is 11.2. The van der Waals surface area contributed by atoms with Crippen molar-refractivity contribution in [3.63, 3.8) is 0 Å². The minimum Gasteiger partial charge on any atom is -0.442 e. The molecule has 0 bridgehead atoms. The number of carbonyl (C=O) groups is 1. The van der Waals surface area contributed by atoms with Crippen LogP contribution in [0.15, 0.2) is 12.7 Å². The van der Waals surface area contributed by atoms with E-state index in [1.54, 1.807) is 26.8 Å². The van der Waals surface area contributed by atoms with Gasteiger partial charge in [0.15, 0.2) is 0 Å². The molecular weight excluding hydrogens is 182 g/mol. The number of ether oxygens (including phenoxy) is 1. The van der Waals surface area contributed by atoms with Crippen LogP contribution in [0.2, 0.25) is 0 Å². The predicted octanol–water partition coefficient (Wildman–Crippen LogP) is 2.41. The molecule has 0 saturated carbocycles. The van der Waals surface area contributed by atoms with E-state index in [0.29, 0.717) is 6.42 Å². The SMILES string of the molecule is C=CCC(C)ONC(=O)OC(C)(C)C. The molecule has 4 heteroatoms. The zero-order valence-electron chi connectivity index (χ0n) is 9.29. The minimum absolute atomic E-state index is 0.0972. The standard InChI is InChI=1S/C10H19NO3/c1-6-7-8(2)14-11-9(12)13-10(3,4)5/h6,8H,1,7H2,2-5H3,(H,11,12). The Morgan fingerprint density at radius 2 is 2.14 bits per heavy atom. The van der Waals surface area contributed by atoms with Gasteiger partial charge in [-0.05, 0) is 34.1 Å². The van der Waals surface area contributed by atoms with Crippen LogP contribution in [0.25, 0.3) is 0 Å². The number of hydrogen-bond acceptors (Lipinski definition) is 3. The van der Waals surface area contributed by atoms with E-state index in [1.165, 1.54) is 0 Å². The van der Waals surface area contributed by atoms with Crippen molar-refractivity contribution in [1.29, 1.82) is 0 Å². The molecule has 0 fully saturated rings. The van der Waals surface area contributed by atoms with E-state index in [-0.39, 0.29) is 6.10 Å². The Labute approximate surface area is 85.2 Å². The zero-order valence-corrected chi connectivity index (χ0v) is 9.29. The molecule has 0 saturated heterocycles. The number of amides is 1. The van der Waals surface area contributed by atoms with Gasteiger partial charge >= 0.3 is 6.09 Å². The first-order chi connectivity index (χ1) is 6.35. The molecule has 0 rings (SSSR count).